The highest BCUT2D eigenvalue weighted by Crippen LogP contribution is 2.24. The molecule has 0 bridgehead atoms. The molecule has 1 heterocycles. The molecular formula is C20H19FN2O3S2. The molecule has 28 heavy (non-hydrogen) atoms. The quantitative estimate of drug-likeness (QED) is 0.459. The van der Waals surface area contributed by atoms with Gasteiger partial charge in [-0.15, -0.1) is 11.8 Å². The van der Waals surface area contributed by atoms with Crippen LogP contribution in [0.1, 0.15) is 24.2 Å². The van der Waals surface area contributed by atoms with Crippen molar-refractivity contribution in [3.05, 3.63) is 58.6 Å². The number of benzene rings is 2. The first-order valence-corrected chi connectivity index (χ1v) is 10.3. The highest BCUT2D eigenvalue weighted by Gasteiger charge is 2.15. The van der Waals surface area contributed by atoms with E-state index in [0.717, 1.165) is 16.2 Å². The van der Waals surface area contributed by atoms with Gasteiger partial charge in [-0.05, 0) is 30.3 Å². The minimum absolute atomic E-state index is 0.229. The Kier molecular flexibility index (Phi) is 6.31. The molecule has 0 aliphatic rings. The number of fused-ring (bicyclic) bond motifs is 1. The SMILES string of the molecule is COC(=O)Cn1c(=NC(=O)c2cccc(SC(C)C)c2)sc2cccc(F)c21. The van der Waals surface area contributed by atoms with E-state index in [-0.39, 0.29) is 16.9 Å². The molecule has 0 atom stereocenters. The zero-order chi connectivity index (χ0) is 20.3. The minimum Gasteiger partial charge on any atom is -0.468 e. The summed E-state index contributed by atoms with van der Waals surface area (Å²) in [7, 11) is 1.26. The highest BCUT2D eigenvalue weighted by atomic mass is 32.2. The van der Waals surface area contributed by atoms with Crippen molar-refractivity contribution in [2.75, 3.05) is 7.11 Å². The summed E-state index contributed by atoms with van der Waals surface area (Å²) < 4.78 is 21.0. The number of rotatable bonds is 5. The molecule has 0 saturated carbocycles. The first kappa shape index (κ1) is 20.3. The molecule has 0 aliphatic heterocycles. The zero-order valence-corrected chi connectivity index (χ0v) is 17.3. The maximum Gasteiger partial charge on any atom is 0.325 e. The first-order valence-electron chi connectivity index (χ1n) is 8.59. The van der Waals surface area contributed by atoms with Gasteiger partial charge in [-0.2, -0.15) is 4.99 Å². The van der Waals surface area contributed by atoms with Gasteiger partial charge < -0.3 is 9.30 Å². The molecule has 0 unspecified atom stereocenters. The van der Waals surface area contributed by atoms with E-state index in [0.29, 0.717) is 15.5 Å². The maximum absolute atomic E-state index is 14.4. The largest absolute Gasteiger partial charge is 0.468 e. The summed E-state index contributed by atoms with van der Waals surface area (Å²) in [5.74, 6) is -1.48. The van der Waals surface area contributed by atoms with E-state index in [1.165, 1.54) is 17.7 Å². The Bertz CT molecular complexity index is 1100. The Hall–Kier alpha value is -2.45. The lowest BCUT2D eigenvalue weighted by atomic mass is 10.2. The summed E-state index contributed by atoms with van der Waals surface area (Å²) in [6, 6.07) is 11.8. The van der Waals surface area contributed by atoms with Crippen LogP contribution in [0.4, 0.5) is 4.39 Å². The van der Waals surface area contributed by atoms with E-state index < -0.39 is 17.7 Å². The summed E-state index contributed by atoms with van der Waals surface area (Å²) in [6.07, 6.45) is 0. The number of carbonyl (C=O) groups excluding carboxylic acids is 2. The smallest absolute Gasteiger partial charge is 0.325 e. The molecule has 3 rings (SSSR count). The van der Waals surface area contributed by atoms with Crippen LogP contribution in [0.2, 0.25) is 0 Å². The van der Waals surface area contributed by atoms with E-state index in [2.05, 4.69) is 18.8 Å². The van der Waals surface area contributed by atoms with Gasteiger partial charge in [0.1, 0.15) is 12.4 Å². The van der Waals surface area contributed by atoms with Crippen molar-refractivity contribution in [3.8, 4) is 0 Å². The summed E-state index contributed by atoms with van der Waals surface area (Å²) in [4.78, 5) is 29.9. The molecule has 0 fully saturated rings. The molecule has 0 N–H and O–H groups in total. The number of hydrogen-bond donors (Lipinski definition) is 0. The molecule has 8 heteroatoms. The lowest BCUT2D eigenvalue weighted by Crippen LogP contribution is -2.22. The van der Waals surface area contributed by atoms with Gasteiger partial charge in [0.05, 0.1) is 17.3 Å². The van der Waals surface area contributed by atoms with Crippen molar-refractivity contribution in [3.63, 3.8) is 0 Å². The lowest BCUT2D eigenvalue weighted by molar-refractivity contribution is -0.141. The number of halogens is 1. The molecule has 0 spiro atoms. The molecule has 5 nitrogen and oxygen atoms in total. The lowest BCUT2D eigenvalue weighted by Gasteiger charge is -2.06. The van der Waals surface area contributed by atoms with Gasteiger partial charge >= 0.3 is 5.97 Å². The predicted octanol–water partition coefficient (Wildman–Crippen LogP) is 4.26. The highest BCUT2D eigenvalue weighted by molar-refractivity contribution is 7.99. The maximum atomic E-state index is 14.4. The van der Waals surface area contributed by atoms with Crippen molar-refractivity contribution >= 4 is 45.2 Å². The number of amides is 1. The second-order valence-electron chi connectivity index (χ2n) is 6.24. The predicted molar refractivity (Wildman–Crippen MR) is 109 cm³/mol. The van der Waals surface area contributed by atoms with Crippen LogP contribution in [0, 0.1) is 5.82 Å². The molecule has 0 saturated heterocycles. The van der Waals surface area contributed by atoms with Gasteiger partial charge in [0, 0.05) is 15.7 Å². The molecule has 1 aromatic heterocycles. The van der Waals surface area contributed by atoms with Gasteiger partial charge in [0.25, 0.3) is 5.91 Å². The van der Waals surface area contributed by atoms with Crippen molar-refractivity contribution in [1.82, 2.24) is 4.57 Å². The Labute approximate surface area is 169 Å². The summed E-state index contributed by atoms with van der Waals surface area (Å²) in [6.45, 7) is 3.92. The Balaban J connectivity index is 2.08. The minimum atomic E-state index is -0.549. The third-order valence-electron chi connectivity index (χ3n) is 3.82. The van der Waals surface area contributed by atoms with Gasteiger partial charge in [0.2, 0.25) is 0 Å². The van der Waals surface area contributed by atoms with Crippen LogP contribution in [-0.2, 0) is 16.1 Å². The van der Waals surface area contributed by atoms with Crippen LogP contribution in [-0.4, -0.2) is 28.8 Å². The van der Waals surface area contributed by atoms with Crippen molar-refractivity contribution in [1.29, 1.82) is 0 Å². The van der Waals surface area contributed by atoms with Crippen LogP contribution in [0.25, 0.3) is 10.2 Å². The number of methoxy groups -OCH3 is 1. The van der Waals surface area contributed by atoms with Gasteiger partial charge in [-0.1, -0.05) is 37.3 Å². The van der Waals surface area contributed by atoms with Crippen molar-refractivity contribution < 1.29 is 18.7 Å². The van der Waals surface area contributed by atoms with E-state index in [1.807, 2.05) is 6.07 Å². The Morgan fingerprint density at radius 1 is 1.25 bits per heavy atom. The van der Waals surface area contributed by atoms with Crippen LogP contribution >= 0.6 is 23.1 Å². The van der Waals surface area contributed by atoms with Crippen LogP contribution in [0.5, 0.6) is 0 Å². The van der Waals surface area contributed by atoms with Crippen molar-refractivity contribution in [2.24, 2.45) is 4.99 Å². The van der Waals surface area contributed by atoms with E-state index in [1.54, 1.807) is 42.1 Å². The molecular weight excluding hydrogens is 399 g/mol. The second kappa shape index (κ2) is 8.70. The molecule has 0 aliphatic carbocycles. The average Bonchev–Trinajstić information content (AvgIpc) is 2.99. The number of carbonyl (C=O) groups is 2. The number of thioether (sulfide) groups is 1. The molecule has 146 valence electrons. The van der Waals surface area contributed by atoms with Gasteiger partial charge in [0.15, 0.2) is 4.80 Å². The first-order chi connectivity index (χ1) is 13.4. The average molecular weight is 419 g/mol. The third kappa shape index (κ3) is 4.51. The number of aromatic nitrogens is 1. The second-order valence-corrected chi connectivity index (χ2v) is 8.90. The topological polar surface area (TPSA) is 60.7 Å². The summed E-state index contributed by atoms with van der Waals surface area (Å²) >= 11 is 2.80. The molecule has 0 radical (unpaired) electrons. The number of thiazole rings is 1. The monoisotopic (exact) mass is 418 g/mol. The molecule has 2 aromatic carbocycles. The van der Waals surface area contributed by atoms with Crippen molar-refractivity contribution in [2.45, 2.75) is 30.5 Å². The number of esters is 1. The van der Waals surface area contributed by atoms with Crippen LogP contribution in [0.15, 0.2) is 52.4 Å². The summed E-state index contributed by atoms with van der Waals surface area (Å²) in [5, 5.41) is 0.384. The van der Waals surface area contributed by atoms with Crippen LogP contribution in [0.3, 0.4) is 0 Å². The Morgan fingerprint density at radius 3 is 2.71 bits per heavy atom. The fourth-order valence-corrected chi connectivity index (χ4v) is 4.58. The Morgan fingerprint density at radius 2 is 2.00 bits per heavy atom. The number of nitrogens with zero attached hydrogens (tertiary/aromatic N) is 2. The zero-order valence-electron chi connectivity index (χ0n) is 15.6. The number of hydrogen-bond acceptors (Lipinski definition) is 5. The van der Waals surface area contributed by atoms with E-state index >= 15 is 0 Å². The standard InChI is InChI=1S/C20H19FN2O3S2/c1-12(2)27-14-7-4-6-13(10-14)19(25)22-20-23(11-17(24)26-3)18-15(21)8-5-9-16(18)28-20/h4-10,12H,11H2,1-3H3. The third-order valence-corrected chi connectivity index (χ3v) is 5.86. The van der Waals surface area contributed by atoms with Crippen LogP contribution < -0.4 is 4.80 Å². The fourth-order valence-electron chi connectivity index (χ4n) is 2.64. The molecule has 3 aromatic rings. The fraction of sp³-hybridized carbons (Fsp3) is 0.250. The van der Waals surface area contributed by atoms with E-state index in [9.17, 15) is 14.0 Å². The van der Waals surface area contributed by atoms with E-state index in [4.69, 9.17) is 4.74 Å². The van der Waals surface area contributed by atoms with Gasteiger partial charge in [-0.3, -0.25) is 9.59 Å². The van der Waals surface area contributed by atoms with Gasteiger partial charge in [-0.25, -0.2) is 4.39 Å². The molecule has 1 amide bonds. The normalized spacial score (nSPS) is 12.0. The number of ether oxygens (including phenoxy) is 1. The number of para-hydroxylation sites is 1. The summed E-state index contributed by atoms with van der Waals surface area (Å²) in [5.41, 5.74) is 0.668.